The second-order valence-corrected chi connectivity index (χ2v) is 10.5. The number of aliphatic hydroxyl groups is 2. The van der Waals surface area contributed by atoms with Gasteiger partial charge in [0.05, 0.1) is 12.2 Å². The molecule has 0 aromatic heterocycles. The molecule has 0 aromatic rings. The molecule has 5 unspecified atom stereocenters. The Labute approximate surface area is 147 Å². The third-order valence-corrected chi connectivity index (χ3v) is 10.0. The molecule has 2 heteroatoms. The van der Waals surface area contributed by atoms with Crippen LogP contribution in [0.4, 0.5) is 0 Å². The molecule has 136 valence electrons. The smallest absolute Gasteiger partial charge is 0.0573 e. The molecule has 2 nitrogen and oxygen atoms in total. The van der Waals surface area contributed by atoms with E-state index in [4.69, 9.17) is 0 Å². The van der Waals surface area contributed by atoms with E-state index in [1.165, 1.54) is 57.8 Å². The van der Waals surface area contributed by atoms with Gasteiger partial charge in [-0.05, 0) is 111 Å². The molecule has 0 radical (unpaired) electrons. The standard InChI is InChI=1S/C22H36O2/c1-21-11-8-15(23)13-14(21)4-5-16-17(21)9-12-22-10-2-3-20(24)19(22)7-6-18(16)22/h14-20,23-24H,2-13H2,1H3/t14-,15+,16?,17?,18?,19?,20-,21-,22?/m0/s1. The Morgan fingerprint density at radius 2 is 1.58 bits per heavy atom. The molecule has 24 heavy (non-hydrogen) atoms. The lowest BCUT2D eigenvalue weighted by atomic mass is 9.43. The molecule has 9 atom stereocenters. The van der Waals surface area contributed by atoms with E-state index in [1.807, 2.05) is 0 Å². The number of hydrogen-bond acceptors (Lipinski definition) is 2. The van der Waals surface area contributed by atoms with Crippen molar-refractivity contribution in [2.24, 2.45) is 40.4 Å². The highest BCUT2D eigenvalue weighted by Crippen LogP contribution is 2.70. The molecule has 0 aliphatic heterocycles. The van der Waals surface area contributed by atoms with Crippen LogP contribution in [0.15, 0.2) is 0 Å². The molecular formula is C22H36O2. The van der Waals surface area contributed by atoms with Gasteiger partial charge in [0, 0.05) is 0 Å². The Balaban J connectivity index is 1.45. The molecule has 0 aromatic carbocycles. The maximum absolute atomic E-state index is 10.6. The van der Waals surface area contributed by atoms with Gasteiger partial charge in [0.1, 0.15) is 0 Å². The quantitative estimate of drug-likeness (QED) is 0.684. The van der Waals surface area contributed by atoms with Gasteiger partial charge in [-0.3, -0.25) is 0 Å². The molecule has 0 heterocycles. The molecule has 0 bridgehead atoms. The number of hydrogen-bond donors (Lipinski definition) is 2. The van der Waals surface area contributed by atoms with Crippen LogP contribution < -0.4 is 0 Å². The van der Waals surface area contributed by atoms with Gasteiger partial charge in [0.2, 0.25) is 0 Å². The Kier molecular flexibility index (Phi) is 3.67. The fourth-order valence-corrected chi connectivity index (χ4v) is 9.00. The number of rotatable bonds is 0. The summed E-state index contributed by atoms with van der Waals surface area (Å²) < 4.78 is 0. The molecule has 5 rings (SSSR count). The number of aliphatic hydroxyl groups excluding tert-OH is 2. The monoisotopic (exact) mass is 332 g/mol. The average molecular weight is 333 g/mol. The van der Waals surface area contributed by atoms with Crippen molar-refractivity contribution in [3.05, 3.63) is 0 Å². The first-order valence-corrected chi connectivity index (χ1v) is 10.9. The molecule has 0 saturated heterocycles. The summed E-state index contributed by atoms with van der Waals surface area (Å²) in [5.41, 5.74) is 1.01. The first-order valence-electron chi connectivity index (χ1n) is 10.9. The maximum atomic E-state index is 10.6. The largest absolute Gasteiger partial charge is 0.393 e. The van der Waals surface area contributed by atoms with Crippen molar-refractivity contribution < 1.29 is 10.2 Å². The zero-order chi connectivity index (χ0) is 16.5. The van der Waals surface area contributed by atoms with E-state index in [2.05, 4.69) is 6.92 Å². The summed E-state index contributed by atoms with van der Waals surface area (Å²) in [6.45, 7) is 2.58. The van der Waals surface area contributed by atoms with E-state index in [0.29, 0.717) is 16.7 Å². The minimum Gasteiger partial charge on any atom is -0.393 e. The van der Waals surface area contributed by atoms with Gasteiger partial charge in [0.15, 0.2) is 0 Å². The SMILES string of the molecule is C[C@]12CC[C@@H](O)C[C@@H]1CCC1C3CCC4[C@@H](O)CCCC34CCC12. The third kappa shape index (κ3) is 2.02. The normalized spacial score (nSPS) is 59.9. The summed E-state index contributed by atoms with van der Waals surface area (Å²) >= 11 is 0. The Morgan fingerprint density at radius 1 is 0.750 bits per heavy atom. The van der Waals surface area contributed by atoms with E-state index in [-0.39, 0.29) is 12.2 Å². The zero-order valence-corrected chi connectivity index (χ0v) is 15.4. The van der Waals surface area contributed by atoms with Crippen molar-refractivity contribution in [3.63, 3.8) is 0 Å². The second-order valence-electron chi connectivity index (χ2n) is 10.5. The fourth-order valence-electron chi connectivity index (χ4n) is 9.00. The van der Waals surface area contributed by atoms with Crippen molar-refractivity contribution in [3.8, 4) is 0 Å². The molecule has 0 amide bonds. The highest BCUT2D eigenvalue weighted by atomic mass is 16.3. The second kappa shape index (κ2) is 5.46. The van der Waals surface area contributed by atoms with Crippen molar-refractivity contribution in [2.75, 3.05) is 0 Å². The summed E-state index contributed by atoms with van der Waals surface area (Å²) in [5, 5.41) is 20.8. The van der Waals surface area contributed by atoms with Crippen LogP contribution >= 0.6 is 0 Å². The number of fused-ring (bicyclic) bond motifs is 4. The van der Waals surface area contributed by atoms with Crippen molar-refractivity contribution in [1.82, 2.24) is 0 Å². The lowest BCUT2D eigenvalue weighted by molar-refractivity contribution is -0.147. The molecule has 5 fully saturated rings. The van der Waals surface area contributed by atoms with E-state index in [1.54, 1.807) is 0 Å². The van der Waals surface area contributed by atoms with Crippen molar-refractivity contribution in [1.29, 1.82) is 0 Å². The van der Waals surface area contributed by atoms with Crippen molar-refractivity contribution >= 4 is 0 Å². The van der Waals surface area contributed by atoms with Crippen LogP contribution in [0.1, 0.15) is 84.0 Å². The van der Waals surface area contributed by atoms with Gasteiger partial charge >= 0.3 is 0 Å². The van der Waals surface area contributed by atoms with Gasteiger partial charge in [-0.25, -0.2) is 0 Å². The first kappa shape index (κ1) is 16.1. The minimum absolute atomic E-state index is 0.00273. The highest BCUT2D eigenvalue weighted by molar-refractivity contribution is 5.12. The van der Waals surface area contributed by atoms with Gasteiger partial charge in [0.25, 0.3) is 0 Å². The third-order valence-electron chi connectivity index (χ3n) is 10.0. The average Bonchev–Trinajstić information content (AvgIpc) is 2.96. The Morgan fingerprint density at radius 3 is 2.46 bits per heavy atom. The topological polar surface area (TPSA) is 40.5 Å². The van der Waals surface area contributed by atoms with E-state index >= 15 is 0 Å². The molecule has 5 aliphatic carbocycles. The van der Waals surface area contributed by atoms with Crippen LogP contribution in [0.5, 0.6) is 0 Å². The van der Waals surface area contributed by atoms with Gasteiger partial charge in [-0.15, -0.1) is 0 Å². The Hall–Kier alpha value is -0.0800. The predicted molar refractivity (Wildman–Crippen MR) is 95.4 cm³/mol. The molecule has 1 spiro atoms. The predicted octanol–water partition coefficient (Wildman–Crippen LogP) is 4.53. The van der Waals surface area contributed by atoms with Crippen LogP contribution in [-0.2, 0) is 0 Å². The van der Waals surface area contributed by atoms with E-state index in [9.17, 15) is 10.2 Å². The first-order chi connectivity index (χ1) is 11.5. The molecular weight excluding hydrogens is 296 g/mol. The van der Waals surface area contributed by atoms with E-state index < -0.39 is 0 Å². The molecule has 5 saturated carbocycles. The summed E-state index contributed by atoms with van der Waals surface area (Å²) in [6, 6.07) is 0. The Bertz CT molecular complexity index is 504. The highest BCUT2D eigenvalue weighted by Gasteiger charge is 2.62. The molecule has 2 N–H and O–H groups in total. The lowest BCUT2D eigenvalue weighted by Gasteiger charge is -2.62. The summed E-state index contributed by atoms with van der Waals surface area (Å²) in [4.78, 5) is 0. The van der Waals surface area contributed by atoms with Crippen LogP contribution in [-0.4, -0.2) is 22.4 Å². The van der Waals surface area contributed by atoms with Crippen LogP contribution in [0.3, 0.4) is 0 Å². The van der Waals surface area contributed by atoms with Crippen LogP contribution in [0.25, 0.3) is 0 Å². The fraction of sp³-hybridized carbons (Fsp3) is 1.00. The van der Waals surface area contributed by atoms with Gasteiger partial charge in [-0.1, -0.05) is 13.3 Å². The van der Waals surface area contributed by atoms with Gasteiger partial charge in [-0.2, -0.15) is 0 Å². The van der Waals surface area contributed by atoms with Crippen LogP contribution in [0.2, 0.25) is 0 Å². The van der Waals surface area contributed by atoms with Gasteiger partial charge < -0.3 is 10.2 Å². The minimum atomic E-state index is -0.0288. The van der Waals surface area contributed by atoms with E-state index in [0.717, 1.165) is 42.9 Å². The van der Waals surface area contributed by atoms with Crippen LogP contribution in [0, 0.1) is 40.4 Å². The lowest BCUT2D eigenvalue weighted by Crippen LogP contribution is -2.55. The van der Waals surface area contributed by atoms with Crippen molar-refractivity contribution in [2.45, 2.75) is 96.2 Å². The summed E-state index contributed by atoms with van der Waals surface area (Å²) in [7, 11) is 0. The zero-order valence-electron chi connectivity index (χ0n) is 15.4. The summed E-state index contributed by atoms with van der Waals surface area (Å²) in [5.74, 6) is 4.12. The maximum Gasteiger partial charge on any atom is 0.0573 e. The summed E-state index contributed by atoms with van der Waals surface area (Å²) in [6.07, 6.45) is 15.3. The molecule has 5 aliphatic rings.